The van der Waals surface area contributed by atoms with Gasteiger partial charge in [0.05, 0.1) is 38.6 Å². The second kappa shape index (κ2) is 52.0. The van der Waals surface area contributed by atoms with Crippen LogP contribution < -0.4 is 5.32 Å². The van der Waals surface area contributed by atoms with Crippen LogP contribution in [0.5, 0.6) is 0 Å². The summed E-state index contributed by atoms with van der Waals surface area (Å²) in [6, 6.07) is -1.03. The highest BCUT2D eigenvalue weighted by Gasteiger charge is 2.53. The second-order valence-electron chi connectivity index (χ2n) is 23.2. The zero-order valence-corrected chi connectivity index (χ0v) is 54.2. The van der Waals surface area contributed by atoms with E-state index in [1.807, 2.05) is 6.08 Å². The standard InChI is InChI=1S/C72H115NO18/c1-3-5-7-9-11-13-15-17-19-20-21-22-23-24-25-26-27-28-29-30-31-32-33-34-36-38-40-42-44-46-48-50-60(78)73-55(56(77)49-47-45-43-41-39-37-35-18-16-14-12-10-8-6-4-2)54-86-70-66(84)63(81)68(58(52-75)88-70)91-72-67(85)64(82)69(59(53-76)89-72)90-71-65(83)62(80)61(79)57(51-74)87-71/h5,7,11,13,16-19,21-22,24-25,27-28,30-31,33-34,38-41,47,49,55-59,61-72,74-77,79-85H,3-4,6,8-10,12,14-15,20,23,26,29,32,35-37,42-46,48,50-54H2,1-2H3,(H,73,78)/b7-5-,13-11-,18-16+,19-17-,22-21-,25-24-,28-27-,31-30-,34-33-,40-38-,41-39+,49-47+. The maximum absolute atomic E-state index is 13.4. The molecule has 17 unspecified atom stereocenters. The molecule has 12 N–H and O–H groups in total. The fraction of sp³-hybridized carbons (Fsp3) is 0.653. The first kappa shape index (κ1) is 80.9. The first-order valence-corrected chi connectivity index (χ1v) is 33.6. The molecule has 19 nitrogen and oxygen atoms in total. The number of allylic oxidation sites excluding steroid dienone is 23. The highest BCUT2D eigenvalue weighted by Crippen LogP contribution is 2.33. The van der Waals surface area contributed by atoms with Crippen molar-refractivity contribution < 1.29 is 89.4 Å². The Morgan fingerprint density at radius 1 is 0.407 bits per heavy atom. The van der Waals surface area contributed by atoms with Crippen LogP contribution >= 0.6 is 0 Å². The number of carbonyl (C=O) groups excluding carboxylic acids is 1. The molecule has 0 radical (unpaired) electrons. The summed E-state index contributed by atoms with van der Waals surface area (Å²) < 4.78 is 34.2. The number of amides is 1. The lowest BCUT2D eigenvalue weighted by molar-refractivity contribution is -0.379. The van der Waals surface area contributed by atoms with Crippen LogP contribution in [0.25, 0.3) is 0 Å². The summed E-state index contributed by atoms with van der Waals surface area (Å²) in [4.78, 5) is 13.4. The van der Waals surface area contributed by atoms with Crippen LogP contribution in [0.3, 0.4) is 0 Å². The minimum absolute atomic E-state index is 0.181. The van der Waals surface area contributed by atoms with Crippen molar-refractivity contribution in [3.8, 4) is 0 Å². The SMILES string of the molecule is CC/C=C\C/C=C\C/C=C\C/C=C\C/C=C\C/C=C\C/C=C\C/C=C\C/C=C\CCCCCC(=O)NC(COC1OC(CO)C(OC2OC(CO)C(OC3OC(CO)C(O)C(O)C3O)C(O)C2O)C(O)C1O)C(O)/C=C/CC/C=C/CC/C=C/CCCCCCC. The van der Waals surface area contributed by atoms with E-state index in [0.717, 1.165) is 103 Å². The average molecular weight is 1280 g/mol. The third-order valence-electron chi connectivity index (χ3n) is 15.6. The van der Waals surface area contributed by atoms with E-state index in [2.05, 4.69) is 153 Å². The molecule has 19 heteroatoms. The number of unbranched alkanes of at least 4 members (excludes halogenated alkanes) is 10. The van der Waals surface area contributed by atoms with Crippen molar-refractivity contribution in [2.45, 2.75) is 272 Å². The van der Waals surface area contributed by atoms with Crippen molar-refractivity contribution in [2.75, 3.05) is 26.4 Å². The third-order valence-corrected chi connectivity index (χ3v) is 15.6. The molecule has 3 aliphatic rings. The molecular weight excluding hydrogens is 1170 g/mol. The van der Waals surface area contributed by atoms with Crippen LogP contribution in [0.15, 0.2) is 146 Å². The van der Waals surface area contributed by atoms with Crippen LogP contribution in [0.4, 0.5) is 0 Å². The van der Waals surface area contributed by atoms with Crippen molar-refractivity contribution in [3.63, 3.8) is 0 Å². The number of rotatable bonds is 48. The fourth-order valence-electron chi connectivity index (χ4n) is 10.2. The molecule has 3 saturated heterocycles. The molecule has 1 amide bonds. The van der Waals surface area contributed by atoms with Gasteiger partial charge in [-0.15, -0.1) is 0 Å². The average Bonchev–Trinajstić information content (AvgIpc) is 0.876. The second-order valence-corrected chi connectivity index (χ2v) is 23.2. The number of carbonyl (C=O) groups is 1. The predicted octanol–water partition coefficient (Wildman–Crippen LogP) is 8.37. The molecule has 3 fully saturated rings. The van der Waals surface area contributed by atoms with Crippen LogP contribution in [0.2, 0.25) is 0 Å². The molecular formula is C72H115NO18. The topological polar surface area (TPSA) is 307 Å². The van der Waals surface area contributed by atoms with Gasteiger partial charge in [0.25, 0.3) is 0 Å². The van der Waals surface area contributed by atoms with Gasteiger partial charge in [-0.2, -0.15) is 0 Å². The lowest BCUT2D eigenvalue weighted by Crippen LogP contribution is -2.66. The van der Waals surface area contributed by atoms with Gasteiger partial charge in [0.15, 0.2) is 18.9 Å². The minimum Gasteiger partial charge on any atom is -0.394 e. The maximum Gasteiger partial charge on any atom is 0.220 e. The Labute approximate surface area is 542 Å². The van der Waals surface area contributed by atoms with Gasteiger partial charge in [0.2, 0.25) is 5.91 Å². The van der Waals surface area contributed by atoms with E-state index in [4.69, 9.17) is 28.4 Å². The van der Waals surface area contributed by atoms with Gasteiger partial charge in [-0.3, -0.25) is 4.79 Å². The van der Waals surface area contributed by atoms with E-state index < -0.39 is 131 Å². The third kappa shape index (κ3) is 34.1. The van der Waals surface area contributed by atoms with Crippen molar-refractivity contribution >= 4 is 5.91 Å². The minimum atomic E-state index is -1.99. The van der Waals surface area contributed by atoms with Gasteiger partial charge in [0, 0.05) is 6.42 Å². The Kier molecular flexibility index (Phi) is 46.2. The van der Waals surface area contributed by atoms with E-state index in [9.17, 15) is 61.0 Å². The molecule has 0 aliphatic carbocycles. The normalized spacial score (nSPS) is 28.8. The Bertz CT molecular complexity index is 2220. The van der Waals surface area contributed by atoms with Crippen molar-refractivity contribution in [3.05, 3.63) is 146 Å². The van der Waals surface area contributed by atoms with Crippen LogP contribution in [-0.2, 0) is 33.2 Å². The van der Waals surface area contributed by atoms with Gasteiger partial charge in [-0.25, -0.2) is 0 Å². The molecule has 0 aromatic carbocycles. The molecule has 0 aromatic heterocycles. The predicted molar refractivity (Wildman–Crippen MR) is 355 cm³/mol. The smallest absolute Gasteiger partial charge is 0.220 e. The fourth-order valence-corrected chi connectivity index (χ4v) is 10.2. The lowest BCUT2D eigenvalue weighted by Gasteiger charge is -2.48. The molecule has 91 heavy (non-hydrogen) atoms. The summed E-state index contributed by atoms with van der Waals surface area (Å²) in [5.74, 6) is -0.330. The van der Waals surface area contributed by atoms with Crippen LogP contribution in [0, 0.1) is 0 Å². The summed E-state index contributed by atoms with van der Waals surface area (Å²) in [5.41, 5.74) is 0. The van der Waals surface area contributed by atoms with E-state index >= 15 is 0 Å². The number of nitrogens with one attached hydrogen (secondary N) is 1. The number of aliphatic hydroxyl groups excluding tert-OH is 11. The first-order valence-electron chi connectivity index (χ1n) is 33.6. The molecule has 0 bridgehead atoms. The van der Waals surface area contributed by atoms with Crippen LogP contribution in [0.1, 0.15) is 168 Å². The zero-order chi connectivity index (χ0) is 66.1. The highest BCUT2D eigenvalue weighted by molar-refractivity contribution is 5.76. The van der Waals surface area contributed by atoms with Gasteiger partial charge in [-0.1, -0.05) is 192 Å². The molecule has 0 spiro atoms. The number of hydrogen-bond acceptors (Lipinski definition) is 18. The van der Waals surface area contributed by atoms with E-state index in [1.165, 1.54) is 32.1 Å². The van der Waals surface area contributed by atoms with Gasteiger partial charge >= 0.3 is 0 Å². The summed E-state index contributed by atoms with van der Waals surface area (Å²) in [5, 5.41) is 120. The maximum atomic E-state index is 13.4. The molecule has 516 valence electrons. The summed E-state index contributed by atoms with van der Waals surface area (Å²) in [7, 11) is 0. The first-order chi connectivity index (χ1) is 44.3. The number of ether oxygens (including phenoxy) is 6. The Balaban J connectivity index is 1.45. The molecule has 3 heterocycles. The van der Waals surface area contributed by atoms with Crippen molar-refractivity contribution in [1.82, 2.24) is 5.32 Å². The molecule has 0 aromatic rings. The molecule has 3 rings (SSSR count). The molecule has 17 atom stereocenters. The molecule has 0 saturated carbocycles. The van der Waals surface area contributed by atoms with Gasteiger partial charge in [-0.05, 0) is 116 Å². The Morgan fingerprint density at radius 2 is 0.769 bits per heavy atom. The largest absolute Gasteiger partial charge is 0.394 e. The Hall–Kier alpha value is -4.33. The van der Waals surface area contributed by atoms with Crippen LogP contribution in [-0.4, -0.2) is 193 Å². The number of aliphatic hydroxyl groups is 11. The summed E-state index contributed by atoms with van der Waals surface area (Å²) in [6.07, 6.45) is 46.8. The monoisotopic (exact) mass is 1280 g/mol. The Morgan fingerprint density at radius 3 is 1.22 bits per heavy atom. The quantitative estimate of drug-likeness (QED) is 0.0201. The highest BCUT2D eigenvalue weighted by atomic mass is 16.8. The number of hydrogen-bond donors (Lipinski definition) is 12. The zero-order valence-electron chi connectivity index (χ0n) is 54.2. The van der Waals surface area contributed by atoms with Gasteiger partial charge in [0.1, 0.15) is 73.2 Å². The molecule has 3 aliphatic heterocycles. The lowest BCUT2D eigenvalue weighted by atomic mass is 9.96. The van der Waals surface area contributed by atoms with Crippen molar-refractivity contribution in [1.29, 1.82) is 0 Å². The van der Waals surface area contributed by atoms with E-state index in [0.29, 0.717) is 12.8 Å². The summed E-state index contributed by atoms with van der Waals surface area (Å²) in [6.45, 7) is 1.51. The van der Waals surface area contributed by atoms with Crippen molar-refractivity contribution in [2.24, 2.45) is 0 Å². The van der Waals surface area contributed by atoms with Gasteiger partial charge < -0.3 is 89.9 Å². The van der Waals surface area contributed by atoms with E-state index in [-0.39, 0.29) is 12.3 Å². The summed E-state index contributed by atoms with van der Waals surface area (Å²) >= 11 is 0. The van der Waals surface area contributed by atoms with E-state index in [1.54, 1.807) is 6.08 Å².